The molecule has 1 amide bonds. The summed E-state index contributed by atoms with van der Waals surface area (Å²) in [6.45, 7) is 9.00. The van der Waals surface area contributed by atoms with Crippen LogP contribution in [0.3, 0.4) is 0 Å². The van der Waals surface area contributed by atoms with Crippen LogP contribution in [0.25, 0.3) is 0 Å². The fourth-order valence-corrected chi connectivity index (χ4v) is 2.51. The number of piperidine rings is 1. The van der Waals surface area contributed by atoms with Gasteiger partial charge in [-0.3, -0.25) is 9.69 Å². The van der Waals surface area contributed by atoms with E-state index in [4.69, 9.17) is 5.73 Å². The van der Waals surface area contributed by atoms with Gasteiger partial charge in [-0.05, 0) is 50.7 Å². The second kappa shape index (κ2) is 7.67. The molecule has 3 N–H and O–H groups in total. The Morgan fingerprint density at radius 1 is 1.53 bits per heavy atom. The largest absolute Gasteiger partial charge is 0.369 e. The second-order valence-corrected chi connectivity index (χ2v) is 5.60. The van der Waals surface area contributed by atoms with Crippen LogP contribution in [0.2, 0.25) is 0 Å². The lowest BCUT2D eigenvalue weighted by Crippen LogP contribution is -2.39. The molecule has 0 aromatic rings. The van der Waals surface area contributed by atoms with E-state index >= 15 is 0 Å². The molecule has 4 nitrogen and oxygen atoms in total. The van der Waals surface area contributed by atoms with Gasteiger partial charge in [0.1, 0.15) is 0 Å². The number of nitrogens with zero attached hydrogens (tertiary/aromatic N) is 1. The maximum atomic E-state index is 11.0. The zero-order valence-corrected chi connectivity index (χ0v) is 11.2. The highest BCUT2D eigenvalue weighted by molar-refractivity contribution is 5.75. The van der Waals surface area contributed by atoms with E-state index in [0.29, 0.717) is 12.5 Å². The third-order valence-corrected chi connectivity index (χ3v) is 3.26. The molecule has 0 saturated carbocycles. The molecule has 1 aliphatic rings. The van der Waals surface area contributed by atoms with Gasteiger partial charge in [0.05, 0.1) is 6.54 Å². The number of carbonyl (C=O) groups excluding carboxylic acids is 1. The molecule has 1 heterocycles. The molecule has 0 radical (unpaired) electrons. The third kappa shape index (κ3) is 6.64. The smallest absolute Gasteiger partial charge is 0.231 e. The molecule has 100 valence electrons. The van der Waals surface area contributed by atoms with E-state index in [2.05, 4.69) is 24.1 Å². The molecule has 0 aromatic heterocycles. The standard InChI is InChI=1S/C13H27N3O/c1-11(2)9-16(10-13(14)17)7-5-12-4-3-6-15-8-12/h11-12,15H,3-10H2,1-2H3,(H2,14,17). The summed E-state index contributed by atoms with van der Waals surface area (Å²) in [5.41, 5.74) is 5.28. The molecule has 1 fully saturated rings. The van der Waals surface area contributed by atoms with E-state index in [1.54, 1.807) is 0 Å². The number of primary amides is 1. The Balaban J connectivity index is 2.28. The van der Waals surface area contributed by atoms with Gasteiger partial charge in [0.2, 0.25) is 5.91 Å². The summed E-state index contributed by atoms with van der Waals surface area (Å²) in [6.07, 6.45) is 3.77. The molecule has 1 rings (SSSR count). The minimum Gasteiger partial charge on any atom is -0.369 e. The normalized spacial score (nSPS) is 21.1. The van der Waals surface area contributed by atoms with Gasteiger partial charge in [-0.15, -0.1) is 0 Å². The van der Waals surface area contributed by atoms with Gasteiger partial charge in [0.25, 0.3) is 0 Å². The van der Waals surface area contributed by atoms with E-state index in [9.17, 15) is 4.79 Å². The highest BCUT2D eigenvalue weighted by Gasteiger charge is 2.16. The first-order chi connectivity index (χ1) is 8.08. The monoisotopic (exact) mass is 241 g/mol. The Labute approximate surface area is 105 Å². The van der Waals surface area contributed by atoms with Crippen molar-refractivity contribution in [2.75, 3.05) is 32.7 Å². The lowest BCUT2D eigenvalue weighted by Gasteiger charge is -2.27. The fourth-order valence-electron chi connectivity index (χ4n) is 2.51. The predicted octanol–water partition coefficient (Wildman–Crippen LogP) is 0.819. The molecule has 0 spiro atoms. The third-order valence-electron chi connectivity index (χ3n) is 3.26. The van der Waals surface area contributed by atoms with Crippen LogP contribution in [0.15, 0.2) is 0 Å². The first-order valence-corrected chi connectivity index (χ1v) is 6.79. The first kappa shape index (κ1) is 14.5. The number of nitrogens with two attached hydrogens (primary N) is 1. The van der Waals surface area contributed by atoms with E-state index in [1.165, 1.54) is 19.3 Å². The molecule has 1 saturated heterocycles. The summed E-state index contributed by atoms with van der Waals surface area (Å²) in [7, 11) is 0. The van der Waals surface area contributed by atoms with Crippen molar-refractivity contribution in [1.29, 1.82) is 0 Å². The molecule has 0 aliphatic carbocycles. The van der Waals surface area contributed by atoms with Gasteiger partial charge in [-0.25, -0.2) is 0 Å². The van der Waals surface area contributed by atoms with E-state index in [-0.39, 0.29) is 5.91 Å². The highest BCUT2D eigenvalue weighted by atomic mass is 16.1. The molecule has 0 aromatic carbocycles. The van der Waals surface area contributed by atoms with Gasteiger partial charge in [0, 0.05) is 6.54 Å². The van der Waals surface area contributed by atoms with E-state index in [0.717, 1.165) is 32.1 Å². The van der Waals surface area contributed by atoms with Crippen molar-refractivity contribution >= 4 is 5.91 Å². The molecular weight excluding hydrogens is 214 g/mol. The maximum Gasteiger partial charge on any atom is 0.231 e. The Kier molecular flexibility index (Phi) is 6.52. The lowest BCUT2D eigenvalue weighted by molar-refractivity contribution is -0.119. The summed E-state index contributed by atoms with van der Waals surface area (Å²) < 4.78 is 0. The van der Waals surface area contributed by atoms with Crippen LogP contribution < -0.4 is 11.1 Å². The summed E-state index contributed by atoms with van der Waals surface area (Å²) in [5, 5.41) is 3.43. The summed E-state index contributed by atoms with van der Waals surface area (Å²) in [6, 6.07) is 0. The van der Waals surface area contributed by atoms with Gasteiger partial charge in [0.15, 0.2) is 0 Å². The number of nitrogens with one attached hydrogen (secondary N) is 1. The van der Waals surface area contributed by atoms with Crippen LogP contribution in [0.4, 0.5) is 0 Å². The lowest BCUT2D eigenvalue weighted by atomic mass is 9.96. The summed E-state index contributed by atoms with van der Waals surface area (Å²) in [4.78, 5) is 13.2. The number of hydrogen-bond donors (Lipinski definition) is 2. The Morgan fingerprint density at radius 2 is 2.29 bits per heavy atom. The number of carbonyl (C=O) groups is 1. The zero-order chi connectivity index (χ0) is 12.7. The SMILES string of the molecule is CC(C)CN(CCC1CCCNC1)CC(N)=O. The minimum absolute atomic E-state index is 0.215. The van der Waals surface area contributed by atoms with Crippen molar-refractivity contribution in [1.82, 2.24) is 10.2 Å². The first-order valence-electron chi connectivity index (χ1n) is 6.79. The molecule has 17 heavy (non-hydrogen) atoms. The average Bonchev–Trinajstić information content (AvgIpc) is 2.26. The molecular formula is C13H27N3O. The van der Waals surface area contributed by atoms with Gasteiger partial charge < -0.3 is 11.1 Å². The van der Waals surface area contributed by atoms with Crippen molar-refractivity contribution in [2.45, 2.75) is 33.1 Å². The molecule has 4 heteroatoms. The van der Waals surface area contributed by atoms with Crippen molar-refractivity contribution in [3.05, 3.63) is 0 Å². The fraction of sp³-hybridized carbons (Fsp3) is 0.923. The minimum atomic E-state index is -0.215. The quantitative estimate of drug-likeness (QED) is 0.694. The molecule has 1 aliphatic heterocycles. The maximum absolute atomic E-state index is 11.0. The van der Waals surface area contributed by atoms with Gasteiger partial charge >= 0.3 is 0 Å². The van der Waals surface area contributed by atoms with Crippen LogP contribution in [-0.2, 0) is 4.79 Å². The summed E-state index contributed by atoms with van der Waals surface area (Å²) >= 11 is 0. The van der Waals surface area contributed by atoms with Crippen LogP contribution in [0.1, 0.15) is 33.1 Å². The van der Waals surface area contributed by atoms with Gasteiger partial charge in [-0.2, -0.15) is 0 Å². The number of rotatable bonds is 7. The van der Waals surface area contributed by atoms with Crippen LogP contribution in [0.5, 0.6) is 0 Å². The highest BCUT2D eigenvalue weighted by Crippen LogP contribution is 2.14. The molecule has 0 bridgehead atoms. The number of amides is 1. The van der Waals surface area contributed by atoms with Crippen molar-refractivity contribution in [3.8, 4) is 0 Å². The Morgan fingerprint density at radius 3 is 2.82 bits per heavy atom. The zero-order valence-electron chi connectivity index (χ0n) is 11.2. The van der Waals surface area contributed by atoms with Crippen LogP contribution in [-0.4, -0.2) is 43.5 Å². The molecule has 1 atom stereocenters. The van der Waals surface area contributed by atoms with Crippen molar-refractivity contribution < 1.29 is 4.79 Å². The topological polar surface area (TPSA) is 58.4 Å². The van der Waals surface area contributed by atoms with E-state index < -0.39 is 0 Å². The summed E-state index contributed by atoms with van der Waals surface area (Å²) in [5.74, 6) is 1.14. The Bertz CT molecular complexity index is 225. The van der Waals surface area contributed by atoms with Crippen molar-refractivity contribution in [3.63, 3.8) is 0 Å². The van der Waals surface area contributed by atoms with Crippen LogP contribution >= 0.6 is 0 Å². The van der Waals surface area contributed by atoms with Gasteiger partial charge in [-0.1, -0.05) is 13.8 Å². The predicted molar refractivity (Wildman–Crippen MR) is 70.7 cm³/mol. The Hall–Kier alpha value is -0.610. The number of hydrogen-bond acceptors (Lipinski definition) is 3. The van der Waals surface area contributed by atoms with E-state index in [1.807, 2.05) is 0 Å². The molecule has 1 unspecified atom stereocenters. The second-order valence-electron chi connectivity index (χ2n) is 5.60. The average molecular weight is 241 g/mol. The van der Waals surface area contributed by atoms with Crippen LogP contribution in [0, 0.1) is 11.8 Å². The van der Waals surface area contributed by atoms with Crippen molar-refractivity contribution in [2.24, 2.45) is 17.6 Å².